The van der Waals surface area contributed by atoms with Gasteiger partial charge in [0.2, 0.25) is 0 Å². The first-order chi connectivity index (χ1) is 15.3. The van der Waals surface area contributed by atoms with Crippen LogP contribution < -0.4 is 0 Å². The van der Waals surface area contributed by atoms with Crippen molar-refractivity contribution in [1.29, 1.82) is 0 Å². The summed E-state index contributed by atoms with van der Waals surface area (Å²) in [4.78, 5) is 13.7. The summed E-state index contributed by atoms with van der Waals surface area (Å²) >= 11 is 0. The van der Waals surface area contributed by atoms with Gasteiger partial charge in [0, 0.05) is 6.20 Å². The molecule has 2 aliphatic rings. The van der Waals surface area contributed by atoms with Crippen molar-refractivity contribution in [3.05, 3.63) is 119 Å². The van der Waals surface area contributed by atoms with Crippen LogP contribution in [0.15, 0.2) is 103 Å². The Morgan fingerprint density at radius 3 is 1.97 bits per heavy atom. The van der Waals surface area contributed by atoms with Crippen molar-refractivity contribution < 1.29 is 14.3 Å². The highest BCUT2D eigenvalue weighted by molar-refractivity contribution is 5.70. The highest BCUT2D eigenvalue weighted by Gasteiger charge is 2.43. The second kappa shape index (κ2) is 8.40. The molecule has 3 aromatic carbocycles. The molecule has 0 saturated carbocycles. The van der Waals surface area contributed by atoms with Gasteiger partial charge in [0.1, 0.15) is 18.3 Å². The van der Waals surface area contributed by atoms with Crippen molar-refractivity contribution in [2.75, 3.05) is 13.2 Å². The summed E-state index contributed by atoms with van der Waals surface area (Å²) in [6, 6.07) is 31.1. The molecule has 1 amide bonds. The highest BCUT2D eigenvalue weighted by atomic mass is 16.6. The third-order valence-electron chi connectivity index (χ3n) is 6.12. The molecule has 4 heteroatoms. The summed E-state index contributed by atoms with van der Waals surface area (Å²) < 4.78 is 12.2. The molecule has 0 N–H and O–H groups in total. The Balaban J connectivity index is 1.61. The van der Waals surface area contributed by atoms with E-state index in [2.05, 4.69) is 60.7 Å². The predicted octanol–water partition coefficient (Wildman–Crippen LogP) is 5.82. The third-order valence-corrected chi connectivity index (χ3v) is 6.12. The van der Waals surface area contributed by atoms with Gasteiger partial charge in [-0.3, -0.25) is 4.90 Å². The van der Waals surface area contributed by atoms with Crippen LogP contribution in [-0.2, 0) is 15.1 Å². The molecule has 5 rings (SSSR count). The molecule has 0 bridgehead atoms. The van der Waals surface area contributed by atoms with E-state index in [1.54, 1.807) is 4.90 Å². The third kappa shape index (κ3) is 3.75. The van der Waals surface area contributed by atoms with E-state index >= 15 is 0 Å². The van der Waals surface area contributed by atoms with E-state index in [0.29, 0.717) is 13.2 Å². The number of hydrogen-bond acceptors (Lipinski definition) is 3. The van der Waals surface area contributed by atoms with Crippen LogP contribution in [0.5, 0.6) is 0 Å². The molecule has 4 nitrogen and oxygen atoms in total. The fraction of sp³-hybridized carbons (Fsp3) is 0.222. The van der Waals surface area contributed by atoms with Crippen LogP contribution in [0.2, 0.25) is 0 Å². The first-order valence-electron chi connectivity index (χ1n) is 10.7. The van der Waals surface area contributed by atoms with Crippen molar-refractivity contribution >= 4 is 6.09 Å². The molecule has 0 aromatic heterocycles. The Labute approximate surface area is 182 Å². The Morgan fingerprint density at radius 1 is 0.839 bits per heavy atom. The van der Waals surface area contributed by atoms with Gasteiger partial charge < -0.3 is 9.47 Å². The first-order valence-corrected chi connectivity index (χ1v) is 10.7. The van der Waals surface area contributed by atoms with Crippen LogP contribution in [-0.4, -0.2) is 24.1 Å². The van der Waals surface area contributed by atoms with Gasteiger partial charge in [-0.1, -0.05) is 91.0 Å². The number of hydrogen-bond donors (Lipinski definition) is 0. The lowest BCUT2D eigenvalue weighted by atomic mass is 9.77. The zero-order chi connectivity index (χ0) is 21.1. The molecule has 0 aliphatic carbocycles. The quantitative estimate of drug-likeness (QED) is 0.543. The minimum absolute atomic E-state index is 0.260. The summed E-state index contributed by atoms with van der Waals surface area (Å²) in [6.07, 6.45) is 2.99. The molecule has 31 heavy (non-hydrogen) atoms. The van der Waals surface area contributed by atoms with Gasteiger partial charge in [-0.15, -0.1) is 0 Å². The Bertz CT molecular complexity index is 1020. The standard InChI is InChI=1S/C27H25NO3/c29-26-28(18-19-30-26)20-22-16-17-27(23-12-6-2-7-13-23,24-14-8-3-9-15-24)31-25(22)21-10-4-1-5-11-21/h1-15,20,25H,16-19H2/b22-20-/t25-/m0/s1. The molecule has 0 unspecified atom stereocenters. The van der Waals surface area contributed by atoms with Crippen molar-refractivity contribution in [3.63, 3.8) is 0 Å². The Morgan fingerprint density at radius 2 is 1.42 bits per heavy atom. The monoisotopic (exact) mass is 411 g/mol. The molecule has 2 saturated heterocycles. The van der Waals surface area contributed by atoms with Crippen LogP contribution in [0, 0.1) is 0 Å². The Hall–Kier alpha value is -3.37. The van der Waals surface area contributed by atoms with Crippen LogP contribution in [0.1, 0.15) is 35.6 Å². The van der Waals surface area contributed by atoms with Gasteiger partial charge in [-0.25, -0.2) is 4.79 Å². The number of carbonyl (C=O) groups is 1. The molecule has 2 fully saturated rings. The second-order valence-electron chi connectivity index (χ2n) is 7.98. The number of rotatable bonds is 4. The lowest BCUT2D eigenvalue weighted by Crippen LogP contribution is -2.38. The maximum Gasteiger partial charge on any atom is 0.413 e. The second-order valence-corrected chi connectivity index (χ2v) is 7.98. The number of amides is 1. The van der Waals surface area contributed by atoms with E-state index in [9.17, 15) is 4.79 Å². The van der Waals surface area contributed by atoms with E-state index in [0.717, 1.165) is 35.1 Å². The van der Waals surface area contributed by atoms with Crippen molar-refractivity contribution in [1.82, 2.24) is 4.90 Å². The average molecular weight is 412 g/mol. The number of nitrogens with zero attached hydrogens (tertiary/aromatic N) is 1. The maximum atomic E-state index is 12.1. The van der Waals surface area contributed by atoms with Crippen LogP contribution in [0.4, 0.5) is 4.79 Å². The average Bonchev–Trinajstić information content (AvgIpc) is 3.25. The Kier molecular flexibility index (Phi) is 5.31. The first kappa shape index (κ1) is 19.6. The molecule has 2 heterocycles. The predicted molar refractivity (Wildman–Crippen MR) is 119 cm³/mol. The van der Waals surface area contributed by atoms with Gasteiger partial charge in [0.15, 0.2) is 0 Å². The van der Waals surface area contributed by atoms with E-state index < -0.39 is 5.60 Å². The number of cyclic esters (lactones) is 1. The number of carbonyl (C=O) groups excluding carboxylic acids is 1. The largest absolute Gasteiger partial charge is 0.447 e. The van der Waals surface area contributed by atoms with Crippen molar-refractivity contribution in [3.8, 4) is 0 Å². The molecule has 3 aromatic rings. The number of benzene rings is 3. The van der Waals surface area contributed by atoms with Gasteiger partial charge in [0.25, 0.3) is 0 Å². The summed E-state index contributed by atoms with van der Waals surface area (Å²) in [7, 11) is 0. The van der Waals surface area contributed by atoms with E-state index in [1.165, 1.54) is 0 Å². The molecular weight excluding hydrogens is 386 g/mol. The lowest BCUT2D eigenvalue weighted by molar-refractivity contribution is -0.0853. The fourth-order valence-electron chi connectivity index (χ4n) is 4.56. The lowest BCUT2D eigenvalue weighted by Gasteiger charge is -2.44. The summed E-state index contributed by atoms with van der Waals surface area (Å²) in [5, 5.41) is 0. The van der Waals surface area contributed by atoms with E-state index in [-0.39, 0.29) is 12.2 Å². The van der Waals surface area contributed by atoms with Crippen molar-refractivity contribution in [2.45, 2.75) is 24.5 Å². The van der Waals surface area contributed by atoms with Crippen LogP contribution in [0.25, 0.3) is 0 Å². The maximum absolute atomic E-state index is 12.1. The topological polar surface area (TPSA) is 38.8 Å². The normalized spacial score (nSPS) is 21.8. The minimum Gasteiger partial charge on any atom is -0.447 e. The molecule has 0 spiro atoms. The zero-order valence-electron chi connectivity index (χ0n) is 17.3. The summed E-state index contributed by atoms with van der Waals surface area (Å²) in [6.45, 7) is 1.00. The highest BCUT2D eigenvalue weighted by Crippen LogP contribution is 2.49. The van der Waals surface area contributed by atoms with E-state index in [4.69, 9.17) is 9.47 Å². The zero-order valence-corrected chi connectivity index (χ0v) is 17.3. The smallest absolute Gasteiger partial charge is 0.413 e. The molecule has 0 radical (unpaired) electrons. The molecular formula is C27H25NO3. The van der Waals surface area contributed by atoms with Gasteiger partial charge in [0.05, 0.1) is 6.54 Å². The fourth-order valence-corrected chi connectivity index (χ4v) is 4.56. The number of ether oxygens (including phenoxy) is 2. The molecule has 156 valence electrons. The summed E-state index contributed by atoms with van der Waals surface area (Å²) in [5.74, 6) is 0. The van der Waals surface area contributed by atoms with Gasteiger partial charge in [-0.2, -0.15) is 0 Å². The van der Waals surface area contributed by atoms with Crippen molar-refractivity contribution in [2.24, 2.45) is 0 Å². The molecule has 2 aliphatic heterocycles. The molecule has 1 atom stereocenters. The van der Waals surface area contributed by atoms with E-state index in [1.807, 2.05) is 36.5 Å². The van der Waals surface area contributed by atoms with Gasteiger partial charge >= 0.3 is 6.09 Å². The van der Waals surface area contributed by atoms with Gasteiger partial charge in [-0.05, 0) is 35.1 Å². The van der Waals surface area contributed by atoms with Crippen LogP contribution >= 0.6 is 0 Å². The minimum atomic E-state index is -0.564. The summed E-state index contributed by atoms with van der Waals surface area (Å²) in [5.41, 5.74) is 3.89. The van der Waals surface area contributed by atoms with Crippen LogP contribution in [0.3, 0.4) is 0 Å². The SMILES string of the molecule is O=C1OCCN1/C=C1/CCC(c2ccccc2)(c2ccccc2)O[C@H]1c1ccccc1.